The van der Waals surface area contributed by atoms with Crippen molar-refractivity contribution < 1.29 is 30.0 Å². The van der Waals surface area contributed by atoms with Gasteiger partial charge in [-0.1, -0.05) is 72.5 Å². The second-order valence-electron chi connectivity index (χ2n) is 8.43. The standard InChI is InChI=1S/C26H36N2O6S2/c1-3-9-19(29)21(31)15-27-25(33)17-11-5-7-13-23(17)35-36-24-14-8-6-12-18(24)26(34)28-16-22(32)20(30)10-4-2/h5-8,11-14,19-22,29-32H,3-4,9-10,15-16H2,1-2H3,(H,27,33)(H,28,34). The Hall–Kier alpha value is -2.08. The molecule has 4 unspecified atom stereocenters. The van der Waals surface area contributed by atoms with Gasteiger partial charge in [-0.25, -0.2) is 0 Å². The Morgan fingerprint density at radius 2 is 1.03 bits per heavy atom. The summed E-state index contributed by atoms with van der Waals surface area (Å²) in [6.45, 7) is 3.69. The predicted octanol–water partition coefficient (Wildman–Crippen LogP) is 2.99. The molecular weight excluding hydrogens is 500 g/mol. The van der Waals surface area contributed by atoms with E-state index in [9.17, 15) is 30.0 Å². The Morgan fingerprint density at radius 1 is 0.667 bits per heavy atom. The molecule has 2 amide bonds. The third-order valence-electron chi connectivity index (χ3n) is 5.49. The summed E-state index contributed by atoms with van der Waals surface area (Å²) in [4.78, 5) is 26.9. The topological polar surface area (TPSA) is 139 Å². The number of hydrogen-bond acceptors (Lipinski definition) is 8. The van der Waals surface area contributed by atoms with Crippen LogP contribution in [0.25, 0.3) is 0 Å². The number of nitrogens with one attached hydrogen (secondary N) is 2. The summed E-state index contributed by atoms with van der Waals surface area (Å²) >= 11 is 0. The van der Waals surface area contributed by atoms with Crippen LogP contribution in [0.3, 0.4) is 0 Å². The van der Waals surface area contributed by atoms with E-state index in [1.54, 1.807) is 48.5 Å². The first-order valence-corrected chi connectivity index (χ1v) is 14.2. The summed E-state index contributed by atoms with van der Waals surface area (Å²) < 4.78 is 0. The van der Waals surface area contributed by atoms with E-state index in [2.05, 4.69) is 10.6 Å². The van der Waals surface area contributed by atoms with Crippen molar-refractivity contribution in [2.75, 3.05) is 13.1 Å². The molecule has 2 rings (SSSR count). The summed E-state index contributed by atoms with van der Waals surface area (Å²) in [5.74, 6) is -0.737. The molecule has 8 nitrogen and oxygen atoms in total. The first-order valence-electron chi connectivity index (χ1n) is 12.1. The third kappa shape index (κ3) is 9.42. The lowest BCUT2D eigenvalue weighted by atomic mass is 10.1. The Bertz CT molecular complexity index is 899. The molecule has 4 atom stereocenters. The van der Waals surface area contributed by atoms with Gasteiger partial charge in [0.15, 0.2) is 0 Å². The van der Waals surface area contributed by atoms with Crippen molar-refractivity contribution in [1.29, 1.82) is 0 Å². The van der Waals surface area contributed by atoms with E-state index in [1.807, 2.05) is 13.8 Å². The number of benzene rings is 2. The summed E-state index contributed by atoms with van der Waals surface area (Å²) in [6.07, 6.45) is -1.53. The average Bonchev–Trinajstić information content (AvgIpc) is 2.89. The van der Waals surface area contributed by atoms with Gasteiger partial charge in [-0.05, 0) is 37.1 Å². The van der Waals surface area contributed by atoms with Crippen LogP contribution < -0.4 is 10.6 Å². The van der Waals surface area contributed by atoms with Gasteiger partial charge in [0.05, 0.1) is 35.5 Å². The van der Waals surface area contributed by atoms with Crippen LogP contribution in [-0.4, -0.2) is 69.7 Å². The minimum absolute atomic E-state index is 0.0616. The van der Waals surface area contributed by atoms with Crippen molar-refractivity contribution >= 4 is 33.4 Å². The molecule has 0 bridgehead atoms. The molecule has 6 N–H and O–H groups in total. The number of aliphatic hydroxyl groups is 4. The second-order valence-corrected chi connectivity index (χ2v) is 10.6. The van der Waals surface area contributed by atoms with E-state index in [0.717, 1.165) is 12.8 Å². The van der Waals surface area contributed by atoms with Crippen molar-refractivity contribution in [2.45, 2.75) is 73.7 Å². The molecule has 0 aliphatic heterocycles. The fourth-order valence-corrected chi connectivity index (χ4v) is 5.74. The van der Waals surface area contributed by atoms with Gasteiger partial charge in [-0.2, -0.15) is 0 Å². The number of carbonyl (C=O) groups is 2. The normalized spacial score (nSPS) is 14.5. The van der Waals surface area contributed by atoms with Crippen LogP contribution in [0.15, 0.2) is 58.3 Å². The number of aliphatic hydroxyl groups excluding tert-OH is 4. The zero-order chi connectivity index (χ0) is 26.5. The molecule has 0 heterocycles. The first kappa shape index (κ1) is 30.1. The minimum Gasteiger partial charge on any atom is -0.390 e. The summed E-state index contributed by atoms with van der Waals surface area (Å²) in [5, 5.41) is 45.2. The molecule has 0 saturated heterocycles. The second kappa shape index (κ2) is 15.9. The molecule has 0 spiro atoms. The highest BCUT2D eigenvalue weighted by molar-refractivity contribution is 8.76. The Kier molecular flexibility index (Phi) is 13.3. The maximum absolute atomic E-state index is 12.8. The highest BCUT2D eigenvalue weighted by Crippen LogP contribution is 2.40. The highest BCUT2D eigenvalue weighted by Gasteiger charge is 2.20. The molecule has 0 fully saturated rings. The van der Waals surface area contributed by atoms with Crippen LogP contribution in [0, 0.1) is 0 Å². The van der Waals surface area contributed by atoms with E-state index in [1.165, 1.54) is 21.6 Å². The van der Waals surface area contributed by atoms with Gasteiger partial charge in [0.1, 0.15) is 0 Å². The fraction of sp³-hybridized carbons (Fsp3) is 0.462. The van der Waals surface area contributed by atoms with Gasteiger partial charge in [0.25, 0.3) is 11.8 Å². The van der Waals surface area contributed by atoms with E-state index in [4.69, 9.17) is 0 Å². The van der Waals surface area contributed by atoms with E-state index >= 15 is 0 Å². The smallest absolute Gasteiger partial charge is 0.252 e. The molecule has 0 aliphatic rings. The Balaban J connectivity index is 2.02. The summed E-state index contributed by atoms with van der Waals surface area (Å²) in [7, 11) is 2.64. The minimum atomic E-state index is -1.05. The van der Waals surface area contributed by atoms with Crippen molar-refractivity contribution in [2.24, 2.45) is 0 Å². The van der Waals surface area contributed by atoms with Crippen LogP contribution >= 0.6 is 21.6 Å². The van der Waals surface area contributed by atoms with Gasteiger partial charge in [0.2, 0.25) is 0 Å². The number of amides is 2. The van der Waals surface area contributed by atoms with Crippen LogP contribution in [0.4, 0.5) is 0 Å². The molecule has 0 radical (unpaired) electrons. The Labute approximate surface area is 220 Å². The fourth-order valence-electron chi connectivity index (χ4n) is 3.38. The maximum atomic E-state index is 12.8. The van der Waals surface area contributed by atoms with Crippen LogP contribution in [0.5, 0.6) is 0 Å². The van der Waals surface area contributed by atoms with E-state index < -0.39 is 24.4 Å². The van der Waals surface area contributed by atoms with Crippen LogP contribution in [0.1, 0.15) is 60.2 Å². The first-order chi connectivity index (χ1) is 17.3. The van der Waals surface area contributed by atoms with Gasteiger partial charge in [-0.3, -0.25) is 9.59 Å². The van der Waals surface area contributed by atoms with Crippen molar-refractivity contribution in [3.05, 3.63) is 59.7 Å². The predicted molar refractivity (Wildman–Crippen MR) is 143 cm³/mol. The monoisotopic (exact) mass is 536 g/mol. The lowest BCUT2D eigenvalue weighted by Gasteiger charge is -2.18. The maximum Gasteiger partial charge on any atom is 0.252 e. The average molecular weight is 537 g/mol. The molecule has 0 aromatic heterocycles. The van der Waals surface area contributed by atoms with Gasteiger partial charge in [0, 0.05) is 22.9 Å². The van der Waals surface area contributed by atoms with Crippen molar-refractivity contribution in [3.63, 3.8) is 0 Å². The molecule has 0 saturated carbocycles. The van der Waals surface area contributed by atoms with E-state index in [0.29, 0.717) is 33.8 Å². The van der Waals surface area contributed by atoms with Crippen LogP contribution in [0.2, 0.25) is 0 Å². The number of hydrogen-bond donors (Lipinski definition) is 6. The third-order valence-corrected chi connectivity index (χ3v) is 7.97. The summed E-state index contributed by atoms with van der Waals surface area (Å²) in [6, 6.07) is 14.0. The van der Waals surface area contributed by atoms with Gasteiger partial charge >= 0.3 is 0 Å². The largest absolute Gasteiger partial charge is 0.390 e. The molecule has 2 aromatic carbocycles. The lowest BCUT2D eigenvalue weighted by molar-refractivity contribution is 0.0151. The number of carbonyl (C=O) groups excluding carboxylic acids is 2. The lowest BCUT2D eigenvalue weighted by Crippen LogP contribution is -2.39. The molecule has 36 heavy (non-hydrogen) atoms. The Morgan fingerprint density at radius 3 is 1.39 bits per heavy atom. The van der Waals surface area contributed by atoms with Gasteiger partial charge < -0.3 is 31.1 Å². The van der Waals surface area contributed by atoms with Crippen LogP contribution in [-0.2, 0) is 0 Å². The molecule has 0 aliphatic carbocycles. The highest BCUT2D eigenvalue weighted by atomic mass is 33.1. The van der Waals surface area contributed by atoms with Crippen molar-refractivity contribution in [3.8, 4) is 0 Å². The quantitative estimate of drug-likeness (QED) is 0.191. The van der Waals surface area contributed by atoms with Gasteiger partial charge in [-0.15, -0.1) is 0 Å². The number of rotatable bonds is 15. The van der Waals surface area contributed by atoms with E-state index in [-0.39, 0.29) is 24.9 Å². The zero-order valence-electron chi connectivity index (χ0n) is 20.6. The SMILES string of the molecule is CCCC(O)C(O)CNC(=O)c1ccccc1SSc1ccccc1C(=O)NCC(O)C(O)CCC. The molecule has 2 aromatic rings. The van der Waals surface area contributed by atoms with Crippen molar-refractivity contribution in [1.82, 2.24) is 10.6 Å². The molecule has 10 heteroatoms. The molecule has 198 valence electrons. The molecular formula is C26H36N2O6S2. The summed E-state index contributed by atoms with van der Waals surface area (Å²) in [5.41, 5.74) is 0.837. The zero-order valence-corrected chi connectivity index (χ0v) is 22.2.